The average Bonchev–Trinajstić information content (AvgIpc) is 2.41. The third-order valence-electron chi connectivity index (χ3n) is 4.34. The van der Waals surface area contributed by atoms with E-state index >= 15 is 0 Å². The SMILES string of the molecule is COc1cccc(CN2CCN(C3CNC3)CC2)c1F. The van der Waals surface area contributed by atoms with Gasteiger partial charge in [-0.2, -0.15) is 0 Å². The lowest BCUT2D eigenvalue weighted by Gasteiger charge is -2.43. The molecule has 0 amide bonds. The topological polar surface area (TPSA) is 27.7 Å². The summed E-state index contributed by atoms with van der Waals surface area (Å²) in [6.45, 7) is 7.07. The molecule has 2 aliphatic heterocycles. The number of nitrogens with one attached hydrogen (secondary N) is 1. The summed E-state index contributed by atoms with van der Waals surface area (Å²) in [5.74, 6) is 0.113. The fraction of sp³-hybridized carbons (Fsp3) is 0.600. The standard InChI is InChI=1S/C15H22FN3O/c1-20-14-4-2-3-12(15(14)16)11-18-5-7-19(8-6-18)13-9-17-10-13/h2-4,13,17H,5-11H2,1H3. The minimum atomic E-state index is -0.222. The van der Waals surface area contributed by atoms with E-state index in [1.165, 1.54) is 7.11 Å². The van der Waals surface area contributed by atoms with Crippen LogP contribution >= 0.6 is 0 Å². The fourth-order valence-corrected chi connectivity index (χ4v) is 2.90. The van der Waals surface area contributed by atoms with E-state index in [2.05, 4.69) is 15.1 Å². The summed E-state index contributed by atoms with van der Waals surface area (Å²) in [4.78, 5) is 4.86. The molecule has 0 atom stereocenters. The lowest BCUT2D eigenvalue weighted by molar-refractivity contribution is 0.0690. The second-order valence-electron chi connectivity index (χ2n) is 5.56. The van der Waals surface area contributed by atoms with Crippen molar-refractivity contribution in [2.24, 2.45) is 0 Å². The Balaban J connectivity index is 1.56. The van der Waals surface area contributed by atoms with Gasteiger partial charge in [-0.15, -0.1) is 0 Å². The zero-order valence-electron chi connectivity index (χ0n) is 11.9. The van der Waals surface area contributed by atoms with Crippen molar-refractivity contribution in [1.29, 1.82) is 0 Å². The molecule has 1 aromatic carbocycles. The summed E-state index contributed by atoms with van der Waals surface area (Å²) in [5, 5.41) is 3.31. The molecule has 0 aromatic heterocycles. The van der Waals surface area contributed by atoms with Crippen LogP contribution in [-0.4, -0.2) is 62.2 Å². The van der Waals surface area contributed by atoms with Crippen molar-refractivity contribution >= 4 is 0 Å². The molecule has 2 heterocycles. The Kier molecular flexibility index (Phi) is 4.19. The zero-order valence-corrected chi connectivity index (χ0v) is 11.9. The van der Waals surface area contributed by atoms with Crippen molar-refractivity contribution in [3.63, 3.8) is 0 Å². The highest BCUT2D eigenvalue weighted by molar-refractivity contribution is 5.31. The largest absolute Gasteiger partial charge is 0.494 e. The monoisotopic (exact) mass is 279 g/mol. The summed E-state index contributed by atoms with van der Waals surface area (Å²) in [6, 6.07) is 6.08. The molecular weight excluding hydrogens is 257 g/mol. The van der Waals surface area contributed by atoms with Gasteiger partial charge in [0.2, 0.25) is 0 Å². The predicted octanol–water partition coefficient (Wildman–Crippen LogP) is 0.924. The maximum Gasteiger partial charge on any atom is 0.169 e. The number of methoxy groups -OCH3 is 1. The number of rotatable bonds is 4. The first kappa shape index (κ1) is 13.8. The molecule has 0 saturated carbocycles. The van der Waals surface area contributed by atoms with Gasteiger partial charge < -0.3 is 10.1 Å². The Morgan fingerprint density at radius 2 is 2.00 bits per heavy atom. The van der Waals surface area contributed by atoms with Crippen LogP contribution in [0.3, 0.4) is 0 Å². The summed E-state index contributed by atoms with van der Waals surface area (Å²) >= 11 is 0. The average molecular weight is 279 g/mol. The smallest absolute Gasteiger partial charge is 0.169 e. The van der Waals surface area contributed by atoms with Gasteiger partial charge in [0.25, 0.3) is 0 Å². The summed E-state index contributed by atoms with van der Waals surface area (Å²) in [5.41, 5.74) is 0.725. The number of hydrogen-bond donors (Lipinski definition) is 1. The lowest BCUT2D eigenvalue weighted by Crippen LogP contribution is -2.61. The van der Waals surface area contributed by atoms with Crippen molar-refractivity contribution in [2.45, 2.75) is 12.6 Å². The van der Waals surface area contributed by atoms with Crippen molar-refractivity contribution < 1.29 is 9.13 Å². The van der Waals surface area contributed by atoms with Crippen LogP contribution in [0.4, 0.5) is 4.39 Å². The van der Waals surface area contributed by atoms with Crippen LogP contribution in [0, 0.1) is 5.82 Å². The molecule has 0 radical (unpaired) electrons. The Bertz CT molecular complexity index is 456. The molecular formula is C15H22FN3O. The van der Waals surface area contributed by atoms with Crippen LogP contribution < -0.4 is 10.1 Å². The van der Waals surface area contributed by atoms with E-state index in [9.17, 15) is 4.39 Å². The molecule has 2 aliphatic rings. The fourth-order valence-electron chi connectivity index (χ4n) is 2.90. The first-order valence-corrected chi connectivity index (χ1v) is 7.26. The number of piperazine rings is 1. The van der Waals surface area contributed by atoms with Crippen LogP contribution in [0.2, 0.25) is 0 Å². The highest BCUT2D eigenvalue weighted by Gasteiger charge is 2.27. The number of benzene rings is 1. The Labute approximate surface area is 119 Å². The number of ether oxygens (including phenoxy) is 1. The first-order chi connectivity index (χ1) is 9.78. The van der Waals surface area contributed by atoms with Gasteiger partial charge in [0.05, 0.1) is 7.11 Å². The van der Waals surface area contributed by atoms with Crippen LogP contribution in [0.25, 0.3) is 0 Å². The Morgan fingerprint density at radius 1 is 1.25 bits per heavy atom. The van der Waals surface area contributed by atoms with Crippen molar-refractivity contribution in [1.82, 2.24) is 15.1 Å². The molecule has 2 saturated heterocycles. The second-order valence-corrected chi connectivity index (χ2v) is 5.56. The van der Waals surface area contributed by atoms with Gasteiger partial charge in [0.1, 0.15) is 0 Å². The minimum Gasteiger partial charge on any atom is -0.494 e. The third-order valence-corrected chi connectivity index (χ3v) is 4.34. The molecule has 3 rings (SSSR count). The van der Waals surface area contributed by atoms with E-state index in [4.69, 9.17) is 4.74 Å². The highest BCUT2D eigenvalue weighted by atomic mass is 19.1. The third kappa shape index (κ3) is 2.80. The van der Waals surface area contributed by atoms with Crippen LogP contribution in [0.1, 0.15) is 5.56 Å². The molecule has 1 N–H and O–H groups in total. The highest BCUT2D eigenvalue weighted by Crippen LogP contribution is 2.22. The predicted molar refractivity (Wildman–Crippen MR) is 76.5 cm³/mol. The van der Waals surface area contributed by atoms with Gasteiger partial charge in [-0.3, -0.25) is 9.80 Å². The molecule has 20 heavy (non-hydrogen) atoms. The summed E-state index contributed by atoms with van der Waals surface area (Å²) < 4.78 is 19.2. The maximum atomic E-state index is 14.1. The Morgan fingerprint density at radius 3 is 2.60 bits per heavy atom. The minimum absolute atomic E-state index is 0.222. The molecule has 0 bridgehead atoms. The van der Waals surface area contributed by atoms with E-state index in [-0.39, 0.29) is 5.82 Å². The van der Waals surface area contributed by atoms with Crippen molar-refractivity contribution in [3.05, 3.63) is 29.6 Å². The van der Waals surface area contributed by atoms with E-state index in [0.717, 1.165) is 44.8 Å². The van der Waals surface area contributed by atoms with E-state index < -0.39 is 0 Å². The van der Waals surface area contributed by atoms with Gasteiger partial charge in [0, 0.05) is 57.4 Å². The van der Waals surface area contributed by atoms with Crippen molar-refractivity contribution in [2.75, 3.05) is 46.4 Å². The van der Waals surface area contributed by atoms with Crippen molar-refractivity contribution in [3.8, 4) is 5.75 Å². The number of hydrogen-bond acceptors (Lipinski definition) is 4. The molecule has 5 heteroatoms. The number of nitrogens with zero attached hydrogens (tertiary/aromatic N) is 2. The molecule has 0 spiro atoms. The second kappa shape index (κ2) is 6.08. The van der Waals surface area contributed by atoms with Gasteiger partial charge in [0.15, 0.2) is 11.6 Å². The van der Waals surface area contributed by atoms with Crippen LogP contribution in [0.5, 0.6) is 5.75 Å². The molecule has 110 valence electrons. The van der Waals surface area contributed by atoms with E-state index in [0.29, 0.717) is 18.3 Å². The molecule has 0 unspecified atom stereocenters. The van der Waals surface area contributed by atoms with Crippen LogP contribution in [-0.2, 0) is 6.54 Å². The molecule has 1 aromatic rings. The maximum absolute atomic E-state index is 14.1. The van der Waals surface area contributed by atoms with Gasteiger partial charge in [-0.25, -0.2) is 4.39 Å². The Hall–Kier alpha value is -1.17. The van der Waals surface area contributed by atoms with E-state index in [1.807, 2.05) is 12.1 Å². The van der Waals surface area contributed by atoms with Gasteiger partial charge in [-0.05, 0) is 6.07 Å². The molecule has 0 aliphatic carbocycles. The van der Waals surface area contributed by atoms with E-state index in [1.54, 1.807) is 6.07 Å². The van der Waals surface area contributed by atoms with Crippen LogP contribution in [0.15, 0.2) is 18.2 Å². The summed E-state index contributed by atoms with van der Waals surface area (Å²) in [7, 11) is 1.51. The van der Waals surface area contributed by atoms with Gasteiger partial charge >= 0.3 is 0 Å². The molecule has 2 fully saturated rings. The normalized spacial score (nSPS) is 21.7. The zero-order chi connectivity index (χ0) is 13.9. The first-order valence-electron chi connectivity index (χ1n) is 7.26. The van der Waals surface area contributed by atoms with Gasteiger partial charge in [-0.1, -0.05) is 12.1 Å². The number of halogens is 1. The quantitative estimate of drug-likeness (QED) is 0.887. The lowest BCUT2D eigenvalue weighted by atomic mass is 10.1. The molecule has 4 nitrogen and oxygen atoms in total. The summed E-state index contributed by atoms with van der Waals surface area (Å²) in [6.07, 6.45) is 0.